The molecule has 0 spiro atoms. The molecule has 0 unspecified atom stereocenters. The third-order valence-electron chi connectivity index (χ3n) is 2.87. The van der Waals surface area contributed by atoms with Gasteiger partial charge in [-0.1, -0.05) is 12.1 Å². The molecule has 0 aliphatic carbocycles. The normalized spacial score (nSPS) is 17.7. The molecule has 1 aromatic heterocycles. The first-order valence-electron chi connectivity index (χ1n) is 6.11. The highest BCUT2D eigenvalue weighted by atomic mass is 32.2. The predicted molar refractivity (Wildman–Crippen MR) is 76.2 cm³/mol. The van der Waals surface area contributed by atoms with Crippen molar-refractivity contribution in [2.45, 2.75) is 6.54 Å². The van der Waals surface area contributed by atoms with Gasteiger partial charge in [0.05, 0.1) is 13.2 Å². The van der Waals surface area contributed by atoms with Crippen LogP contribution in [0.3, 0.4) is 0 Å². The minimum absolute atomic E-state index is 0.317. The largest absolute Gasteiger partial charge is 0.379 e. The number of hydrogen-bond acceptors (Lipinski definition) is 4. The smallest absolute Gasteiger partial charge is 0.282 e. The second kappa shape index (κ2) is 6.62. The van der Waals surface area contributed by atoms with Gasteiger partial charge in [0.2, 0.25) is 0 Å². The van der Waals surface area contributed by atoms with E-state index in [1.807, 2.05) is 17.5 Å². The van der Waals surface area contributed by atoms with E-state index in [1.165, 1.54) is 8.61 Å². The molecule has 0 aromatic carbocycles. The van der Waals surface area contributed by atoms with Crippen molar-refractivity contribution in [2.24, 2.45) is 0 Å². The highest BCUT2D eigenvalue weighted by Gasteiger charge is 2.30. The van der Waals surface area contributed by atoms with Gasteiger partial charge in [-0.25, -0.2) is 0 Å². The van der Waals surface area contributed by atoms with Gasteiger partial charge in [0.1, 0.15) is 0 Å². The average molecular weight is 302 g/mol. The topological polar surface area (TPSA) is 49.9 Å². The van der Waals surface area contributed by atoms with Crippen molar-refractivity contribution in [1.29, 1.82) is 0 Å². The minimum atomic E-state index is -3.44. The SMILES string of the molecule is C=CCN(Cc1cccs1)S(=O)(=O)N1CCOCC1. The second-order valence-corrected chi connectivity index (χ2v) is 7.14. The van der Waals surface area contributed by atoms with Crippen molar-refractivity contribution in [2.75, 3.05) is 32.8 Å². The second-order valence-electron chi connectivity index (χ2n) is 4.18. The molecule has 106 valence electrons. The molecule has 1 aromatic rings. The standard InChI is InChI=1S/C12H18N2O3S2/c1-2-5-14(11-12-4-3-10-18-12)19(15,16)13-6-8-17-9-7-13/h2-4,10H,1,5-9,11H2. The molecule has 5 nitrogen and oxygen atoms in total. The van der Waals surface area contributed by atoms with Crippen molar-refractivity contribution in [3.8, 4) is 0 Å². The van der Waals surface area contributed by atoms with Crippen LogP contribution >= 0.6 is 11.3 Å². The summed E-state index contributed by atoms with van der Waals surface area (Å²) in [5.74, 6) is 0. The van der Waals surface area contributed by atoms with Crippen LogP contribution in [0.15, 0.2) is 30.2 Å². The monoisotopic (exact) mass is 302 g/mol. The first-order chi connectivity index (χ1) is 9.14. The Hall–Kier alpha value is -0.730. The van der Waals surface area contributed by atoms with Crippen LogP contribution in [0.4, 0.5) is 0 Å². The van der Waals surface area contributed by atoms with Crippen molar-refractivity contribution >= 4 is 21.5 Å². The van der Waals surface area contributed by atoms with Crippen LogP contribution < -0.4 is 0 Å². The van der Waals surface area contributed by atoms with Crippen LogP contribution in [-0.2, 0) is 21.5 Å². The zero-order valence-electron chi connectivity index (χ0n) is 10.7. The van der Waals surface area contributed by atoms with E-state index < -0.39 is 10.2 Å². The van der Waals surface area contributed by atoms with E-state index in [1.54, 1.807) is 17.4 Å². The number of rotatable bonds is 6. The quantitative estimate of drug-likeness (QED) is 0.745. The summed E-state index contributed by atoms with van der Waals surface area (Å²) in [6, 6.07) is 3.86. The van der Waals surface area contributed by atoms with E-state index in [9.17, 15) is 8.42 Å². The van der Waals surface area contributed by atoms with E-state index in [2.05, 4.69) is 6.58 Å². The van der Waals surface area contributed by atoms with Gasteiger partial charge in [0, 0.05) is 31.1 Å². The molecule has 2 rings (SSSR count). The number of morpholine rings is 1. The highest BCUT2D eigenvalue weighted by Crippen LogP contribution is 2.17. The number of ether oxygens (including phenoxy) is 1. The van der Waals surface area contributed by atoms with Gasteiger partial charge in [-0.3, -0.25) is 0 Å². The lowest BCUT2D eigenvalue weighted by Gasteiger charge is -2.31. The van der Waals surface area contributed by atoms with Crippen LogP contribution in [-0.4, -0.2) is 49.9 Å². The molecule has 7 heteroatoms. The lowest BCUT2D eigenvalue weighted by Crippen LogP contribution is -2.48. The van der Waals surface area contributed by atoms with E-state index in [0.717, 1.165) is 4.88 Å². The van der Waals surface area contributed by atoms with Crippen LogP contribution in [0.1, 0.15) is 4.88 Å². The minimum Gasteiger partial charge on any atom is -0.379 e. The van der Waals surface area contributed by atoms with Gasteiger partial charge in [-0.15, -0.1) is 17.9 Å². The van der Waals surface area contributed by atoms with Crippen LogP contribution in [0.25, 0.3) is 0 Å². The Morgan fingerprint density at radius 2 is 2.21 bits per heavy atom. The fourth-order valence-electron chi connectivity index (χ4n) is 1.90. The van der Waals surface area contributed by atoms with Crippen LogP contribution in [0, 0.1) is 0 Å². The summed E-state index contributed by atoms with van der Waals surface area (Å²) in [5, 5.41) is 1.95. The Kier molecular flexibility index (Phi) is 5.12. The molecule has 2 heterocycles. The average Bonchev–Trinajstić information content (AvgIpc) is 2.92. The zero-order valence-corrected chi connectivity index (χ0v) is 12.3. The van der Waals surface area contributed by atoms with Crippen molar-refractivity contribution < 1.29 is 13.2 Å². The highest BCUT2D eigenvalue weighted by molar-refractivity contribution is 7.86. The van der Waals surface area contributed by atoms with Gasteiger partial charge in [0.15, 0.2) is 0 Å². The molecule has 0 N–H and O–H groups in total. The van der Waals surface area contributed by atoms with Crippen molar-refractivity contribution in [3.63, 3.8) is 0 Å². The molecular weight excluding hydrogens is 284 g/mol. The maximum absolute atomic E-state index is 12.6. The molecule has 1 aliphatic heterocycles. The lowest BCUT2D eigenvalue weighted by molar-refractivity contribution is 0.0702. The molecular formula is C12H18N2O3S2. The fourth-order valence-corrected chi connectivity index (χ4v) is 4.24. The molecule has 1 fully saturated rings. The number of nitrogens with zero attached hydrogens (tertiary/aromatic N) is 2. The Morgan fingerprint density at radius 3 is 2.79 bits per heavy atom. The summed E-state index contributed by atoms with van der Waals surface area (Å²) in [7, 11) is -3.44. The summed E-state index contributed by atoms with van der Waals surface area (Å²) >= 11 is 1.56. The molecule has 0 bridgehead atoms. The summed E-state index contributed by atoms with van der Waals surface area (Å²) in [6.07, 6.45) is 1.62. The van der Waals surface area contributed by atoms with E-state index in [4.69, 9.17) is 4.74 Å². The van der Waals surface area contributed by atoms with Gasteiger partial charge < -0.3 is 4.74 Å². The molecule has 0 saturated carbocycles. The lowest BCUT2D eigenvalue weighted by atomic mass is 10.4. The van der Waals surface area contributed by atoms with Gasteiger partial charge in [0.25, 0.3) is 10.2 Å². The first-order valence-corrected chi connectivity index (χ1v) is 8.38. The molecule has 0 atom stereocenters. The molecule has 0 radical (unpaired) electrons. The molecule has 19 heavy (non-hydrogen) atoms. The van der Waals surface area contributed by atoms with Gasteiger partial charge in [-0.2, -0.15) is 17.0 Å². The summed E-state index contributed by atoms with van der Waals surface area (Å²) in [4.78, 5) is 1.03. The Balaban J connectivity index is 2.14. The van der Waals surface area contributed by atoms with Gasteiger partial charge in [-0.05, 0) is 11.4 Å². The first kappa shape index (κ1) is 14.7. The van der Waals surface area contributed by atoms with E-state index >= 15 is 0 Å². The summed E-state index contributed by atoms with van der Waals surface area (Å²) < 4.78 is 33.2. The molecule has 0 amide bonds. The Labute approximate surface area is 118 Å². The molecule has 1 saturated heterocycles. The summed E-state index contributed by atoms with van der Waals surface area (Å²) in [5.41, 5.74) is 0. The third-order valence-corrected chi connectivity index (χ3v) is 5.68. The van der Waals surface area contributed by atoms with Crippen LogP contribution in [0.2, 0.25) is 0 Å². The maximum Gasteiger partial charge on any atom is 0.282 e. The number of hydrogen-bond donors (Lipinski definition) is 0. The van der Waals surface area contributed by atoms with Crippen molar-refractivity contribution in [3.05, 3.63) is 35.0 Å². The van der Waals surface area contributed by atoms with E-state index in [-0.39, 0.29) is 0 Å². The third kappa shape index (κ3) is 3.64. The number of thiophene rings is 1. The van der Waals surface area contributed by atoms with E-state index in [0.29, 0.717) is 39.4 Å². The zero-order chi connectivity index (χ0) is 13.7. The van der Waals surface area contributed by atoms with Crippen molar-refractivity contribution in [1.82, 2.24) is 8.61 Å². The predicted octanol–water partition coefficient (Wildman–Crippen LogP) is 1.31. The Bertz CT molecular complexity index is 493. The Morgan fingerprint density at radius 1 is 1.47 bits per heavy atom. The van der Waals surface area contributed by atoms with Crippen LogP contribution in [0.5, 0.6) is 0 Å². The summed E-state index contributed by atoms with van der Waals surface area (Å²) in [6.45, 7) is 6.10. The fraction of sp³-hybridized carbons (Fsp3) is 0.500. The maximum atomic E-state index is 12.6. The molecule has 1 aliphatic rings. The van der Waals surface area contributed by atoms with Gasteiger partial charge >= 0.3 is 0 Å².